The fourth-order valence-corrected chi connectivity index (χ4v) is 2.35. The average Bonchev–Trinajstić information content (AvgIpc) is 3.20. The first kappa shape index (κ1) is 17.6. The molecule has 1 amide bonds. The van der Waals surface area contributed by atoms with Gasteiger partial charge in [0.15, 0.2) is 5.69 Å². The highest BCUT2D eigenvalue weighted by molar-refractivity contribution is 9.10. The number of aromatic nitrogens is 4. The van der Waals surface area contributed by atoms with Crippen LogP contribution in [0.2, 0.25) is 0 Å². The van der Waals surface area contributed by atoms with Crippen LogP contribution in [0.25, 0.3) is 17.2 Å². The molecular formula is C13H10BrFN6O5. The molecule has 0 saturated carbocycles. The third-order valence-electron chi connectivity index (χ3n) is 3.04. The van der Waals surface area contributed by atoms with E-state index in [1.165, 1.54) is 18.2 Å². The second-order valence-electron chi connectivity index (χ2n) is 4.74. The van der Waals surface area contributed by atoms with Gasteiger partial charge in [0.05, 0.1) is 16.7 Å². The third-order valence-corrected chi connectivity index (χ3v) is 3.64. The van der Waals surface area contributed by atoms with Gasteiger partial charge in [0.2, 0.25) is 11.6 Å². The van der Waals surface area contributed by atoms with Gasteiger partial charge in [-0.3, -0.25) is 0 Å². The van der Waals surface area contributed by atoms with Crippen molar-refractivity contribution in [2.45, 2.75) is 0 Å². The van der Waals surface area contributed by atoms with Crippen LogP contribution < -0.4 is 16.8 Å². The standard InChI is InChI=1S/C13H10BrFN6O5/c14-7-5-6(1-2-8(7)15)21-11(18-13(23)25-21)9-10(20-26-19-9)17-3-4-24-12(16)22/h1-2,5H,3-4H2,(H2,16,22)(H,17,20). The van der Waals surface area contributed by atoms with E-state index in [4.69, 9.17) is 10.3 Å². The quantitative estimate of drug-likeness (QED) is 0.552. The second-order valence-corrected chi connectivity index (χ2v) is 5.60. The molecule has 1 aromatic carbocycles. The fraction of sp³-hybridized carbons (Fsp3) is 0.154. The minimum atomic E-state index is -0.919. The number of nitrogens with zero attached hydrogens (tertiary/aromatic N) is 4. The molecule has 3 rings (SSSR count). The molecule has 13 heteroatoms. The molecule has 0 aliphatic heterocycles. The molecule has 0 unspecified atom stereocenters. The van der Waals surface area contributed by atoms with Crippen LogP contribution in [0, 0.1) is 5.82 Å². The number of rotatable bonds is 6. The number of benzene rings is 1. The van der Waals surface area contributed by atoms with E-state index in [1.807, 2.05) is 0 Å². The molecule has 11 nitrogen and oxygen atoms in total. The van der Waals surface area contributed by atoms with E-state index in [0.29, 0.717) is 5.69 Å². The van der Waals surface area contributed by atoms with Crippen LogP contribution in [0.4, 0.5) is 15.0 Å². The predicted molar refractivity (Wildman–Crippen MR) is 87.1 cm³/mol. The number of hydrogen-bond acceptors (Lipinski definition) is 9. The number of anilines is 1. The Balaban J connectivity index is 1.91. The summed E-state index contributed by atoms with van der Waals surface area (Å²) in [6.07, 6.45) is -0.919. The van der Waals surface area contributed by atoms with Gasteiger partial charge in [-0.1, -0.05) is 0 Å². The maximum absolute atomic E-state index is 13.4. The highest BCUT2D eigenvalue weighted by atomic mass is 79.9. The summed E-state index contributed by atoms with van der Waals surface area (Å²) < 4.78 is 28.9. The van der Waals surface area contributed by atoms with E-state index in [1.54, 1.807) is 0 Å². The zero-order valence-corrected chi connectivity index (χ0v) is 14.4. The molecule has 0 saturated heterocycles. The maximum Gasteiger partial charge on any atom is 0.460 e. The van der Waals surface area contributed by atoms with Gasteiger partial charge in [-0.15, -0.1) is 4.98 Å². The Morgan fingerprint density at radius 3 is 2.96 bits per heavy atom. The Morgan fingerprint density at radius 1 is 1.42 bits per heavy atom. The summed E-state index contributed by atoms with van der Waals surface area (Å²) in [5, 5.41) is 10.1. The molecule has 0 spiro atoms. The van der Waals surface area contributed by atoms with Crippen LogP contribution >= 0.6 is 15.9 Å². The van der Waals surface area contributed by atoms with Gasteiger partial charge in [-0.2, -0.15) is 4.74 Å². The minimum Gasteiger partial charge on any atom is -0.448 e. The summed E-state index contributed by atoms with van der Waals surface area (Å²) >= 11 is 3.05. The third kappa shape index (κ3) is 3.72. The number of carbonyl (C=O) groups is 1. The number of amides is 1. The van der Waals surface area contributed by atoms with Crippen LogP contribution in [0.1, 0.15) is 0 Å². The van der Waals surface area contributed by atoms with Crippen LogP contribution in [0.15, 0.2) is 36.6 Å². The molecule has 2 heterocycles. The summed E-state index contributed by atoms with van der Waals surface area (Å²) in [6, 6.07) is 3.96. The summed E-state index contributed by atoms with van der Waals surface area (Å²) in [6.45, 7) is 0.118. The van der Waals surface area contributed by atoms with E-state index in [-0.39, 0.29) is 35.0 Å². The Labute approximate surface area is 152 Å². The molecule has 0 radical (unpaired) electrons. The van der Waals surface area contributed by atoms with Crippen LogP contribution in [0.3, 0.4) is 0 Å². The normalized spacial score (nSPS) is 10.7. The molecule has 136 valence electrons. The smallest absolute Gasteiger partial charge is 0.448 e. The number of carbonyl (C=O) groups excluding carboxylic acids is 1. The first-order valence-electron chi connectivity index (χ1n) is 7.00. The van der Waals surface area contributed by atoms with Crippen molar-refractivity contribution in [2.24, 2.45) is 5.73 Å². The average molecular weight is 429 g/mol. The van der Waals surface area contributed by atoms with Crippen molar-refractivity contribution >= 4 is 27.8 Å². The molecule has 0 bridgehead atoms. The molecule has 0 aliphatic carbocycles. The van der Waals surface area contributed by atoms with Crippen LogP contribution in [-0.4, -0.2) is 39.3 Å². The summed E-state index contributed by atoms with van der Waals surface area (Å²) in [4.78, 5) is 25.9. The number of nitrogens with two attached hydrogens (primary N) is 1. The molecule has 3 N–H and O–H groups in total. The molecule has 3 aromatic rings. The van der Waals surface area contributed by atoms with Gasteiger partial charge < -0.3 is 20.3 Å². The van der Waals surface area contributed by atoms with Gasteiger partial charge >= 0.3 is 11.8 Å². The highest BCUT2D eigenvalue weighted by Crippen LogP contribution is 2.26. The second kappa shape index (κ2) is 7.35. The van der Waals surface area contributed by atoms with Crippen molar-refractivity contribution in [3.05, 3.63) is 39.0 Å². The Kier molecular flexibility index (Phi) is 4.97. The Hall–Kier alpha value is -3.22. The van der Waals surface area contributed by atoms with Crippen LogP contribution in [0.5, 0.6) is 0 Å². The van der Waals surface area contributed by atoms with Crippen LogP contribution in [-0.2, 0) is 4.74 Å². The van der Waals surface area contributed by atoms with E-state index in [2.05, 4.69) is 45.9 Å². The minimum absolute atomic E-state index is 0.0203. The lowest BCUT2D eigenvalue weighted by Gasteiger charge is -2.06. The number of primary amides is 1. The van der Waals surface area contributed by atoms with Gasteiger partial charge in [-0.05, 0) is 44.4 Å². The number of ether oxygens (including phenoxy) is 1. The molecule has 0 atom stereocenters. The SMILES string of the molecule is NC(=O)OCCNc1nonc1-c1nc(=O)on1-c1ccc(F)c(Br)c1. The first-order valence-corrected chi connectivity index (χ1v) is 7.80. The lowest BCUT2D eigenvalue weighted by atomic mass is 10.3. The van der Waals surface area contributed by atoms with Crippen molar-refractivity contribution in [2.75, 3.05) is 18.5 Å². The van der Waals surface area contributed by atoms with Gasteiger partial charge in [0, 0.05) is 0 Å². The highest BCUT2D eigenvalue weighted by Gasteiger charge is 2.22. The van der Waals surface area contributed by atoms with Crippen molar-refractivity contribution in [3.63, 3.8) is 0 Å². The monoisotopic (exact) mass is 428 g/mol. The van der Waals surface area contributed by atoms with Gasteiger partial charge in [0.1, 0.15) is 12.4 Å². The largest absolute Gasteiger partial charge is 0.460 e. The molecule has 26 heavy (non-hydrogen) atoms. The zero-order valence-electron chi connectivity index (χ0n) is 12.8. The van der Waals surface area contributed by atoms with Gasteiger partial charge in [0.25, 0.3) is 0 Å². The molecular weight excluding hydrogens is 419 g/mol. The van der Waals surface area contributed by atoms with E-state index >= 15 is 0 Å². The Bertz CT molecular complexity index is 999. The van der Waals surface area contributed by atoms with Crippen molar-refractivity contribution < 1.29 is 23.1 Å². The zero-order chi connectivity index (χ0) is 18.7. The topological polar surface area (TPSA) is 151 Å². The lowest BCUT2D eigenvalue weighted by Crippen LogP contribution is -2.18. The molecule has 0 aliphatic rings. The van der Waals surface area contributed by atoms with Crippen molar-refractivity contribution in [3.8, 4) is 17.2 Å². The summed E-state index contributed by atoms with van der Waals surface area (Å²) in [5.41, 5.74) is 5.24. The van der Waals surface area contributed by atoms with Gasteiger partial charge in [-0.25, -0.2) is 18.6 Å². The van der Waals surface area contributed by atoms with E-state index in [9.17, 15) is 14.0 Å². The number of halogens is 2. The lowest BCUT2D eigenvalue weighted by molar-refractivity contribution is 0.161. The summed E-state index contributed by atoms with van der Waals surface area (Å²) in [7, 11) is 0. The van der Waals surface area contributed by atoms with Crippen molar-refractivity contribution in [1.29, 1.82) is 0 Å². The summed E-state index contributed by atoms with van der Waals surface area (Å²) in [5.74, 6) is -1.28. The molecule has 2 aromatic heterocycles. The number of hydrogen-bond donors (Lipinski definition) is 2. The maximum atomic E-state index is 13.4. The van der Waals surface area contributed by atoms with E-state index in [0.717, 1.165) is 4.74 Å². The first-order chi connectivity index (χ1) is 12.5. The molecule has 0 fully saturated rings. The van der Waals surface area contributed by atoms with E-state index < -0.39 is 17.7 Å². The number of nitrogens with one attached hydrogen (secondary N) is 1. The fourth-order valence-electron chi connectivity index (χ4n) is 1.98. The Morgan fingerprint density at radius 2 is 2.23 bits per heavy atom. The predicted octanol–water partition coefficient (Wildman–Crippen LogP) is 1.28. The van der Waals surface area contributed by atoms with Crippen molar-refractivity contribution in [1.82, 2.24) is 20.0 Å².